The molecule has 0 aliphatic rings. The molecule has 19 heavy (non-hydrogen) atoms. The topological polar surface area (TPSA) is 73.1 Å². The number of nitrogens with one attached hydrogen (secondary N) is 1. The lowest BCUT2D eigenvalue weighted by Crippen LogP contribution is -2.29. The lowest BCUT2D eigenvalue weighted by atomic mass is 9.97. The summed E-state index contributed by atoms with van der Waals surface area (Å²) in [5, 5.41) is 0. The van der Waals surface area contributed by atoms with Crippen LogP contribution in [0.15, 0.2) is 35.1 Å². The second-order valence-electron chi connectivity index (χ2n) is 4.10. The van der Waals surface area contributed by atoms with Crippen LogP contribution in [0.5, 0.6) is 6.01 Å². The van der Waals surface area contributed by atoms with E-state index in [0.29, 0.717) is 6.01 Å². The number of methoxy groups -OCH3 is 1. The van der Waals surface area contributed by atoms with E-state index in [-0.39, 0.29) is 6.04 Å². The summed E-state index contributed by atoms with van der Waals surface area (Å²) >= 11 is 3.47. The molecule has 2 aromatic rings. The Morgan fingerprint density at radius 3 is 2.58 bits per heavy atom. The summed E-state index contributed by atoms with van der Waals surface area (Å²) in [7, 11) is 1.53. The zero-order chi connectivity index (χ0) is 13.8. The van der Waals surface area contributed by atoms with E-state index in [9.17, 15) is 0 Å². The number of aryl methyl sites for hydroxylation is 1. The first-order valence-electron chi connectivity index (χ1n) is 5.74. The Morgan fingerprint density at radius 2 is 2.00 bits per heavy atom. The molecular weight excluding hydrogens is 308 g/mol. The number of hydrogen-bond acceptors (Lipinski definition) is 5. The molecule has 0 saturated heterocycles. The second kappa shape index (κ2) is 6.10. The molecule has 1 aromatic carbocycles. The molecule has 1 aromatic heterocycles. The molecule has 0 amide bonds. The summed E-state index contributed by atoms with van der Waals surface area (Å²) in [5.74, 6) is 5.67. The van der Waals surface area contributed by atoms with Crippen molar-refractivity contribution in [3.05, 3.63) is 51.8 Å². The first-order chi connectivity index (χ1) is 9.15. The Balaban J connectivity index is 2.40. The highest BCUT2D eigenvalue weighted by Crippen LogP contribution is 2.26. The summed E-state index contributed by atoms with van der Waals surface area (Å²) in [6.07, 6.45) is 3.41. The summed E-state index contributed by atoms with van der Waals surface area (Å²) in [4.78, 5) is 8.21. The number of nitrogens with two attached hydrogens (primary N) is 1. The van der Waals surface area contributed by atoms with E-state index in [1.807, 2.05) is 25.1 Å². The fraction of sp³-hybridized carbons (Fsp3) is 0.231. The monoisotopic (exact) mass is 322 g/mol. The molecule has 1 atom stereocenters. The molecule has 5 nitrogen and oxygen atoms in total. The largest absolute Gasteiger partial charge is 0.467 e. The highest BCUT2D eigenvalue weighted by atomic mass is 79.9. The van der Waals surface area contributed by atoms with E-state index >= 15 is 0 Å². The molecule has 0 bridgehead atoms. The molecule has 0 fully saturated rings. The average Bonchev–Trinajstić information content (AvgIpc) is 2.44. The van der Waals surface area contributed by atoms with Gasteiger partial charge in [-0.1, -0.05) is 22.0 Å². The third kappa shape index (κ3) is 3.09. The molecule has 0 aliphatic carbocycles. The van der Waals surface area contributed by atoms with Crippen LogP contribution >= 0.6 is 15.9 Å². The van der Waals surface area contributed by atoms with E-state index in [2.05, 4.69) is 31.3 Å². The van der Waals surface area contributed by atoms with Crippen LogP contribution in [-0.4, -0.2) is 17.1 Å². The van der Waals surface area contributed by atoms with Gasteiger partial charge in [-0.15, -0.1) is 0 Å². The van der Waals surface area contributed by atoms with E-state index in [1.165, 1.54) is 7.11 Å². The number of ether oxygens (including phenoxy) is 1. The molecule has 0 aliphatic heterocycles. The Hall–Kier alpha value is -1.50. The summed E-state index contributed by atoms with van der Waals surface area (Å²) in [5.41, 5.74) is 5.89. The van der Waals surface area contributed by atoms with Crippen LogP contribution in [-0.2, 0) is 0 Å². The van der Waals surface area contributed by atoms with Crippen molar-refractivity contribution in [3.63, 3.8) is 0 Å². The highest BCUT2D eigenvalue weighted by Gasteiger charge is 2.16. The molecule has 0 radical (unpaired) electrons. The van der Waals surface area contributed by atoms with Crippen LogP contribution < -0.4 is 16.0 Å². The standard InChI is InChI=1S/C13H15BrN4O/c1-8-3-4-10(14)5-11(8)12(18-15)9-6-16-13(19-2)17-7-9/h3-7,12,18H,15H2,1-2H3. The SMILES string of the molecule is COc1ncc(C(NN)c2cc(Br)ccc2C)cn1. The predicted octanol–water partition coefficient (Wildman–Crippen LogP) is 2.11. The van der Waals surface area contributed by atoms with Gasteiger partial charge in [0.25, 0.3) is 0 Å². The van der Waals surface area contributed by atoms with Gasteiger partial charge in [0.15, 0.2) is 0 Å². The summed E-state index contributed by atoms with van der Waals surface area (Å²) < 4.78 is 5.95. The molecule has 1 heterocycles. The predicted molar refractivity (Wildman–Crippen MR) is 76.6 cm³/mol. The fourth-order valence-electron chi connectivity index (χ4n) is 1.87. The Labute approximate surface area is 120 Å². The number of halogens is 1. The van der Waals surface area contributed by atoms with Crippen LogP contribution in [0.4, 0.5) is 0 Å². The van der Waals surface area contributed by atoms with Gasteiger partial charge in [0, 0.05) is 22.4 Å². The molecule has 0 saturated carbocycles. The van der Waals surface area contributed by atoms with Crippen molar-refractivity contribution >= 4 is 15.9 Å². The van der Waals surface area contributed by atoms with Crippen molar-refractivity contribution in [3.8, 4) is 6.01 Å². The molecule has 2 rings (SSSR count). The Bertz CT molecular complexity index is 559. The van der Waals surface area contributed by atoms with Gasteiger partial charge in [-0.2, -0.15) is 0 Å². The van der Waals surface area contributed by atoms with Gasteiger partial charge in [-0.05, 0) is 30.2 Å². The molecule has 100 valence electrons. The maximum absolute atomic E-state index is 5.67. The van der Waals surface area contributed by atoms with Gasteiger partial charge < -0.3 is 4.74 Å². The number of rotatable bonds is 4. The van der Waals surface area contributed by atoms with E-state index in [0.717, 1.165) is 21.2 Å². The zero-order valence-electron chi connectivity index (χ0n) is 10.7. The third-order valence-electron chi connectivity index (χ3n) is 2.88. The minimum Gasteiger partial charge on any atom is -0.467 e. The quantitative estimate of drug-likeness (QED) is 0.666. The van der Waals surface area contributed by atoms with Gasteiger partial charge in [0.2, 0.25) is 0 Å². The van der Waals surface area contributed by atoms with E-state index in [1.54, 1.807) is 12.4 Å². The van der Waals surface area contributed by atoms with E-state index < -0.39 is 0 Å². The smallest absolute Gasteiger partial charge is 0.316 e. The van der Waals surface area contributed by atoms with Crippen molar-refractivity contribution in [2.24, 2.45) is 5.84 Å². The average molecular weight is 323 g/mol. The van der Waals surface area contributed by atoms with Gasteiger partial charge in [-0.25, -0.2) is 15.4 Å². The molecule has 6 heteroatoms. The lowest BCUT2D eigenvalue weighted by molar-refractivity contribution is 0.378. The third-order valence-corrected chi connectivity index (χ3v) is 3.38. The van der Waals surface area contributed by atoms with Crippen molar-refractivity contribution in [2.45, 2.75) is 13.0 Å². The number of nitrogens with zero attached hydrogens (tertiary/aromatic N) is 2. The lowest BCUT2D eigenvalue weighted by Gasteiger charge is -2.18. The van der Waals surface area contributed by atoms with Gasteiger partial charge >= 0.3 is 6.01 Å². The first kappa shape index (κ1) is 13.9. The van der Waals surface area contributed by atoms with Crippen LogP contribution in [0, 0.1) is 6.92 Å². The number of hydrazine groups is 1. The maximum Gasteiger partial charge on any atom is 0.316 e. The highest BCUT2D eigenvalue weighted by molar-refractivity contribution is 9.10. The van der Waals surface area contributed by atoms with Crippen LogP contribution in [0.3, 0.4) is 0 Å². The van der Waals surface area contributed by atoms with Crippen LogP contribution in [0.25, 0.3) is 0 Å². The molecule has 0 spiro atoms. The van der Waals surface area contributed by atoms with Gasteiger partial charge in [0.1, 0.15) is 0 Å². The Kier molecular flexibility index (Phi) is 4.47. The van der Waals surface area contributed by atoms with Crippen LogP contribution in [0.1, 0.15) is 22.7 Å². The molecule has 1 unspecified atom stereocenters. The summed E-state index contributed by atoms with van der Waals surface area (Å²) in [6, 6.07) is 6.24. The van der Waals surface area contributed by atoms with Gasteiger partial charge in [-0.3, -0.25) is 5.84 Å². The van der Waals surface area contributed by atoms with Crippen molar-refractivity contribution in [1.29, 1.82) is 0 Å². The second-order valence-corrected chi connectivity index (χ2v) is 5.02. The minimum absolute atomic E-state index is 0.164. The van der Waals surface area contributed by atoms with Crippen molar-refractivity contribution in [1.82, 2.24) is 15.4 Å². The number of benzene rings is 1. The maximum atomic E-state index is 5.67. The number of aromatic nitrogens is 2. The van der Waals surface area contributed by atoms with Crippen LogP contribution in [0.2, 0.25) is 0 Å². The van der Waals surface area contributed by atoms with Crippen molar-refractivity contribution in [2.75, 3.05) is 7.11 Å². The van der Waals surface area contributed by atoms with Crippen molar-refractivity contribution < 1.29 is 4.74 Å². The first-order valence-corrected chi connectivity index (χ1v) is 6.53. The van der Waals surface area contributed by atoms with E-state index in [4.69, 9.17) is 10.6 Å². The van der Waals surface area contributed by atoms with Gasteiger partial charge in [0.05, 0.1) is 13.2 Å². The molecule has 3 N–H and O–H groups in total. The normalized spacial score (nSPS) is 12.2. The zero-order valence-corrected chi connectivity index (χ0v) is 12.3. The fourth-order valence-corrected chi connectivity index (χ4v) is 2.25. The Morgan fingerprint density at radius 1 is 1.32 bits per heavy atom. The number of hydrogen-bond donors (Lipinski definition) is 2. The summed E-state index contributed by atoms with van der Waals surface area (Å²) in [6.45, 7) is 2.04. The minimum atomic E-state index is -0.164. The molecular formula is C13H15BrN4O.